The Balaban J connectivity index is 4.96. The third-order valence-electron chi connectivity index (χ3n) is 1.59. The van der Waals surface area contributed by atoms with Crippen LogP contribution in [0.5, 0.6) is 0 Å². The molecule has 0 saturated heterocycles. The fraction of sp³-hybridized carbons (Fsp3) is 0.571. The van der Waals surface area contributed by atoms with Gasteiger partial charge in [0.2, 0.25) is 0 Å². The number of rotatable bonds is 1. The molecule has 0 bridgehead atoms. The van der Waals surface area contributed by atoms with Gasteiger partial charge in [-0.05, 0) is 19.4 Å². The molecular weight excluding hydrogens is 169 g/mol. The second-order valence-corrected chi connectivity index (χ2v) is 2.35. The van der Waals surface area contributed by atoms with E-state index in [0.29, 0.717) is 5.71 Å². The zero-order valence-corrected chi connectivity index (χ0v) is 7.16. The van der Waals surface area contributed by atoms with Gasteiger partial charge in [-0.3, -0.25) is 4.99 Å². The SMILES string of the molecule is CN=C(C)C(C)=C(N)C(F)(F)F. The minimum Gasteiger partial charge on any atom is -0.394 e. The van der Waals surface area contributed by atoms with Gasteiger partial charge in [-0.1, -0.05) is 0 Å². The zero-order valence-electron chi connectivity index (χ0n) is 7.16. The van der Waals surface area contributed by atoms with Crippen LogP contribution in [0.2, 0.25) is 0 Å². The van der Waals surface area contributed by atoms with Crippen LogP contribution in [0.15, 0.2) is 16.3 Å². The van der Waals surface area contributed by atoms with Crippen molar-refractivity contribution < 1.29 is 13.2 Å². The lowest BCUT2D eigenvalue weighted by molar-refractivity contribution is -0.0931. The molecule has 0 aliphatic rings. The fourth-order valence-corrected chi connectivity index (χ4v) is 0.575. The van der Waals surface area contributed by atoms with E-state index >= 15 is 0 Å². The molecule has 0 fully saturated rings. The predicted molar refractivity (Wildman–Crippen MR) is 42.0 cm³/mol. The maximum Gasteiger partial charge on any atom is 0.431 e. The van der Waals surface area contributed by atoms with Crippen molar-refractivity contribution in [3.05, 3.63) is 11.3 Å². The van der Waals surface area contributed by atoms with Crippen molar-refractivity contribution >= 4 is 5.71 Å². The second kappa shape index (κ2) is 3.60. The Bertz CT molecular complexity index is 225. The number of nitrogens with zero attached hydrogens (tertiary/aromatic N) is 1. The molecule has 70 valence electrons. The van der Waals surface area contributed by atoms with Gasteiger partial charge in [0.1, 0.15) is 5.70 Å². The van der Waals surface area contributed by atoms with E-state index in [0.717, 1.165) is 0 Å². The van der Waals surface area contributed by atoms with Gasteiger partial charge in [-0.2, -0.15) is 13.2 Å². The lowest BCUT2D eigenvalue weighted by Crippen LogP contribution is -2.23. The third kappa shape index (κ3) is 2.56. The molecule has 0 rings (SSSR count). The Labute approximate surface area is 69.0 Å². The molecule has 0 aromatic heterocycles. The first kappa shape index (κ1) is 11.0. The van der Waals surface area contributed by atoms with E-state index in [-0.39, 0.29) is 5.57 Å². The molecule has 0 saturated carbocycles. The highest BCUT2D eigenvalue weighted by Gasteiger charge is 2.33. The highest BCUT2D eigenvalue weighted by atomic mass is 19.4. The molecule has 0 aromatic carbocycles. The Morgan fingerprint density at radius 3 is 1.92 bits per heavy atom. The summed E-state index contributed by atoms with van der Waals surface area (Å²) in [6, 6.07) is 0. The van der Waals surface area contributed by atoms with E-state index in [1.165, 1.54) is 20.9 Å². The predicted octanol–water partition coefficient (Wildman–Crippen LogP) is 1.87. The highest BCUT2D eigenvalue weighted by molar-refractivity contribution is 5.98. The van der Waals surface area contributed by atoms with E-state index in [9.17, 15) is 13.2 Å². The van der Waals surface area contributed by atoms with Crippen LogP contribution in [0.25, 0.3) is 0 Å². The largest absolute Gasteiger partial charge is 0.431 e. The quantitative estimate of drug-likeness (QED) is 0.614. The van der Waals surface area contributed by atoms with Crippen LogP contribution in [0.4, 0.5) is 13.2 Å². The van der Waals surface area contributed by atoms with Crippen molar-refractivity contribution in [1.29, 1.82) is 0 Å². The number of aliphatic imine (C=N–C) groups is 1. The smallest absolute Gasteiger partial charge is 0.394 e. The maximum absolute atomic E-state index is 12.0. The van der Waals surface area contributed by atoms with E-state index in [4.69, 9.17) is 5.73 Å². The molecule has 0 aliphatic heterocycles. The summed E-state index contributed by atoms with van der Waals surface area (Å²) in [5.74, 6) is 0. The molecule has 0 aromatic rings. The number of allylic oxidation sites excluding steroid dienone is 2. The van der Waals surface area contributed by atoms with Gasteiger partial charge in [0.15, 0.2) is 0 Å². The maximum atomic E-state index is 12.0. The molecule has 0 unspecified atom stereocenters. The van der Waals surface area contributed by atoms with Crippen LogP contribution in [-0.2, 0) is 0 Å². The fourth-order valence-electron chi connectivity index (χ4n) is 0.575. The van der Waals surface area contributed by atoms with Crippen LogP contribution >= 0.6 is 0 Å². The Morgan fingerprint density at radius 1 is 1.25 bits per heavy atom. The normalized spacial score (nSPS) is 16.0. The van der Waals surface area contributed by atoms with Crippen molar-refractivity contribution in [2.24, 2.45) is 10.7 Å². The first-order valence-corrected chi connectivity index (χ1v) is 3.28. The van der Waals surface area contributed by atoms with Crippen molar-refractivity contribution in [2.45, 2.75) is 20.0 Å². The summed E-state index contributed by atoms with van der Waals surface area (Å²) in [4.78, 5) is 3.60. The van der Waals surface area contributed by atoms with Gasteiger partial charge in [0.05, 0.1) is 0 Å². The van der Waals surface area contributed by atoms with Crippen LogP contribution in [0, 0.1) is 0 Å². The molecule has 5 heteroatoms. The Morgan fingerprint density at radius 2 is 1.67 bits per heavy atom. The van der Waals surface area contributed by atoms with Crippen molar-refractivity contribution in [3.63, 3.8) is 0 Å². The molecule has 0 radical (unpaired) electrons. The molecule has 0 amide bonds. The first-order chi connectivity index (χ1) is 5.30. The first-order valence-electron chi connectivity index (χ1n) is 3.28. The van der Waals surface area contributed by atoms with Crippen LogP contribution in [-0.4, -0.2) is 18.9 Å². The van der Waals surface area contributed by atoms with Crippen LogP contribution in [0.1, 0.15) is 13.8 Å². The molecular formula is C7H11F3N2. The average molecular weight is 180 g/mol. The number of hydrogen-bond acceptors (Lipinski definition) is 2. The van der Waals surface area contributed by atoms with E-state index in [1.807, 2.05) is 0 Å². The molecule has 0 spiro atoms. The molecule has 0 atom stereocenters. The van der Waals surface area contributed by atoms with Crippen molar-refractivity contribution in [2.75, 3.05) is 7.05 Å². The minimum absolute atomic E-state index is 0.0231. The average Bonchev–Trinajstić information content (AvgIpc) is 1.98. The number of hydrogen-bond donors (Lipinski definition) is 1. The van der Waals surface area contributed by atoms with Gasteiger partial charge in [-0.15, -0.1) is 0 Å². The van der Waals surface area contributed by atoms with Crippen LogP contribution < -0.4 is 5.73 Å². The standard InChI is InChI=1S/C7H11F3N2/c1-4(5(2)12-3)6(11)7(8,9)10/h11H2,1-3H3. The summed E-state index contributed by atoms with van der Waals surface area (Å²) in [5, 5.41) is 0. The van der Waals surface area contributed by atoms with Gasteiger partial charge in [0.25, 0.3) is 0 Å². The second-order valence-electron chi connectivity index (χ2n) is 2.35. The van der Waals surface area contributed by atoms with E-state index in [1.54, 1.807) is 0 Å². The van der Waals surface area contributed by atoms with Crippen molar-refractivity contribution in [3.8, 4) is 0 Å². The highest BCUT2D eigenvalue weighted by Crippen LogP contribution is 2.24. The van der Waals surface area contributed by atoms with E-state index in [2.05, 4.69) is 4.99 Å². The van der Waals surface area contributed by atoms with Crippen molar-refractivity contribution in [1.82, 2.24) is 0 Å². The molecule has 2 nitrogen and oxygen atoms in total. The molecule has 0 heterocycles. The third-order valence-corrected chi connectivity index (χ3v) is 1.59. The summed E-state index contributed by atoms with van der Waals surface area (Å²) in [6.07, 6.45) is -4.46. The van der Waals surface area contributed by atoms with Crippen LogP contribution in [0.3, 0.4) is 0 Å². The molecule has 2 N–H and O–H groups in total. The number of alkyl halides is 3. The summed E-state index contributed by atoms with van der Waals surface area (Å²) in [6.45, 7) is 2.78. The zero-order chi connectivity index (χ0) is 9.94. The number of halogens is 3. The van der Waals surface area contributed by atoms with Gasteiger partial charge in [0, 0.05) is 12.8 Å². The summed E-state index contributed by atoms with van der Waals surface area (Å²) >= 11 is 0. The Kier molecular flexibility index (Phi) is 3.30. The lowest BCUT2D eigenvalue weighted by atomic mass is 10.1. The Hall–Kier alpha value is -1.00. The summed E-state index contributed by atoms with van der Waals surface area (Å²) in [5.41, 5.74) is 4.04. The minimum atomic E-state index is -4.46. The van der Waals surface area contributed by atoms with E-state index < -0.39 is 11.9 Å². The van der Waals surface area contributed by atoms with Gasteiger partial charge in [-0.25, -0.2) is 0 Å². The lowest BCUT2D eigenvalue weighted by Gasteiger charge is -2.10. The topological polar surface area (TPSA) is 38.4 Å². The summed E-state index contributed by atoms with van der Waals surface area (Å²) in [7, 11) is 1.42. The molecule has 12 heavy (non-hydrogen) atoms. The molecule has 0 aliphatic carbocycles. The van der Waals surface area contributed by atoms with Gasteiger partial charge >= 0.3 is 6.18 Å². The monoisotopic (exact) mass is 180 g/mol. The summed E-state index contributed by atoms with van der Waals surface area (Å²) < 4.78 is 35.9. The number of nitrogens with two attached hydrogens (primary N) is 1. The van der Waals surface area contributed by atoms with Gasteiger partial charge < -0.3 is 5.73 Å².